The highest BCUT2D eigenvalue weighted by molar-refractivity contribution is 8.04. The zero-order valence-electron chi connectivity index (χ0n) is 17.2. The van der Waals surface area contributed by atoms with Crippen molar-refractivity contribution in [2.45, 2.75) is 46.5 Å². The summed E-state index contributed by atoms with van der Waals surface area (Å²) in [6, 6.07) is 14.5. The van der Waals surface area contributed by atoms with Crippen LogP contribution < -0.4 is 4.72 Å². The van der Waals surface area contributed by atoms with Gasteiger partial charge in [-0.3, -0.25) is 0 Å². The van der Waals surface area contributed by atoms with E-state index in [1.807, 2.05) is 18.2 Å². The van der Waals surface area contributed by atoms with Crippen molar-refractivity contribution in [3.63, 3.8) is 0 Å². The zero-order chi connectivity index (χ0) is 20.6. The molecular formula is C25H27NO2S. The van der Waals surface area contributed by atoms with Crippen LogP contribution >= 0.6 is 11.9 Å². The van der Waals surface area contributed by atoms with Crippen molar-refractivity contribution in [3.05, 3.63) is 70.1 Å². The van der Waals surface area contributed by atoms with E-state index in [-0.39, 0.29) is 0 Å². The highest BCUT2D eigenvalue weighted by Gasteiger charge is 2.30. The summed E-state index contributed by atoms with van der Waals surface area (Å²) in [5.41, 5.74) is 7.12. The van der Waals surface area contributed by atoms with Gasteiger partial charge >= 0.3 is 5.97 Å². The Morgan fingerprint density at radius 3 is 2.66 bits per heavy atom. The minimum atomic E-state index is -0.859. The quantitative estimate of drug-likeness (QED) is 0.542. The summed E-state index contributed by atoms with van der Waals surface area (Å²) in [4.78, 5) is 13.1. The topological polar surface area (TPSA) is 49.3 Å². The predicted octanol–water partition coefficient (Wildman–Crippen LogP) is 6.92. The fraction of sp³-hybridized carbons (Fsp3) is 0.320. The summed E-state index contributed by atoms with van der Waals surface area (Å²) in [7, 11) is 0. The maximum absolute atomic E-state index is 12.2. The van der Waals surface area contributed by atoms with Gasteiger partial charge in [0.1, 0.15) is 0 Å². The van der Waals surface area contributed by atoms with Gasteiger partial charge in [-0.1, -0.05) is 63.2 Å². The van der Waals surface area contributed by atoms with Crippen molar-refractivity contribution in [2.24, 2.45) is 5.41 Å². The Balaban J connectivity index is 1.78. The number of allylic oxidation sites excluding steroid dienone is 2. The third kappa shape index (κ3) is 3.86. The highest BCUT2D eigenvalue weighted by atomic mass is 32.2. The molecule has 4 rings (SSSR count). The van der Waals surface area contributed by atoms with Crippen LogP contribution in [0.3, 0.4) is 0 Å². The number of hydrogen-bond acceptors (Lipinski definition) is 3. The SMILES string of the molecule is CCc1ccccc1-c1ccc2c(c1)NSC(C1=CCC(C)(C)CC1)=C2C(=O)O. The molecule has 0 saturated heterocycles. The molecule has 0 unspecified atom stereocenters. The van der Waals surface area contributed by atoms with E-state index >= 15 is 0 Å². The summed E-state index contributed by atoms with van der Waals surface area (Å²) in [6.45, 7) is 6.69. The number of fused-ring (bicyclic) bond motifs is 1. The second kappa shape index (κ2) is 7.75. The van der Waals surface area contributed by atoms with Crippen LogP contribution in [0.5, 0.6) is 0 Å². The predicted molar refractivity (Wildman–Crippen MR) is 123 cm³/mol. The molecule has 29 heavy (non-hydrogen) atoms. The Morgan fingerprint density at radius 1 is 1.17 bits per heavy atom. The van der Waals surface area contributed by atoms with Crippen molar-refractivity contribution in [1.82, 2.24) is 0 Å². The average Bonchev–Trinajstić information content (AvgIpc) is 2.72. The van der Waals surface area contributed by atoms with Crippen molar-refractivity contribution in [2.75, 3.05) is 4.72 Å². The molecule has 0 radical (unpaired) electrons. The average molecular weight is 406 g/mol. The monoisotopic (exact) mass is 405 g/mol. The first-order valence-electron chi connectivity index (χ1n) is 10.2. The second-order valence-corrected chi connectivity index (χ2v) is 9.40. The van der Waals surface area contributed by atoms with E-state index < -0.39 is 5.97 Å². The Bertz CT molecular complexity index is 1030. The van der Waals surface area contributed by atoms with Crippen molar-refractivity contribution in [3.8, 4) is 11.1 Å². The van der Waals surface area contributed by atoms with Crippen LogP contribution in [0.2, 0.25) is 0 Å². The van der Waals surface area contributed by atoms with Gasteiger partial charge in [-0.25, -0.2) is 4.79 Å². The summed E-state index contributed by atoms with van der Waals surface area (Å²) in [6.07, 6.45) is 6.18. The van der Waals surface area contributed by atoms with Gasteiger partial charge < -0.3 is 9.83 Å². The number of anilines is 1. The number of hydrogen-bond donors (Lipinski definition) is 2. The smallest absolute Gasteiger partial charge is 0.337 e. The van der Waals surface area contributed by atoms with Gasteiger partial charge in [0, 0.05) is 10.5 Å². The molecule has 2 N–H and O–H groups in total. The highest BCUT2D eigenvalue weighted by Crippen LogP contribution is 2.47. The largest absolute Gasteiger partial charge is 0.478 e. The number of nitrogens with one attached hydrogen (secondary N) is 1. The molecule has 3 nitrogen and oxygen atoms in total. The molecule has 2 aliphatic rings. The molecule has 0 amide bonds. The van der Waals surface area contributed by atoms with Crippen molar-refractivity contribution >= 4 is 29.2 Å². The van der Waals surface area contributed by atoms with Crippen LogP contribution in [0.1, 0.15) is 51.2 Å². The first-order chi connectivity index (χ1) is 13.9. The van der Waals surface area contributed by atoms with Gasteiger partial charge in [-0.2, -0.15) is 0 Å². The lowest BCUT2D eigenvalue weighted by Crippen LogP contribution is -2.17. The summed E-state index contributed by atoms with van der Waals surface area (Å²) in [5, 5.41) is 10.0. The fourth-order valence-corrected chi connectivity index (χ4v) is 5.12. The lowest BCUT2D eigenvalue weighted by Gasteiger charge is -2.31. The number of aryl methyl sites for hydroxylation is 1. The first kappa shape index (κ1) is 19.8. The van der Waals surface area contributed by atoms with Gasteiger partial charge in [0.15, 0.2) is 0 Å². The number of carbonyl (C=O) groups is 1. The Labute approximate surface area is 177 Å². The van der Waals surface area contributed by atoms with Crippen LogP contribution in [0, 0.1) is 5.41 Å². The number of benzene rings is 2. The first-order valence-corrected chi connectivity index (χ1v) is 11.0. The van der Waals surface area contributed by atoms with Crippen LogP contribution in [-0.2, 0) is 11.2 Å². The van der Waals surface area contributed by atoms with E-state index in [1.54, 1.807) is 0 Å². The lowest BCUT2D eigenvalue weighted by atomic mass is 9.78. The molecule has 0 atom stereocenters. The third-order valence-corrected chi connectivity index (χ3v) is 6.96. The number of rotatable bonds is 4. The van der Waals surface area contributed by atoms with E-state index in [0.29, 0.717) is 11.0 Å². The summed E-state index contributed by atoms with van der Waals surface area (Å²) in [5.74, 6) is -0.859. The van der Waals surface area contributed by atoms with Gasteiger partial charge in [0.25, 0.3) is 0 Å². The van der Waals surface area contributed by atoms with E-state index in [0.717, 1.165) is 53.0 Å². The van der Waals surface area contributed by atoms with Gasteiger partial charge in [0.05, 0.1) is 11.3 Å². The van der Waals surface area contributed by atoms with Gasteiger partial charge in [-0.05, 0) is 71.4 Å². The summed E-state index contributed by atoms with van der Waals surface area (Å²) >= 11 is 1.44. The standard InChI is InChI=1S/C25H27NO2S/c1-4-16-7-5-6-8-19(16)18-9-10-20-21(15-18)26-29-23(22(20)24(27)28)17-11-13-25(2,3)14-12-17/h5-11,15,26H,4,12-14H2,1-3H3,(H,27,28). The molecule has 1 heterocycles. The minimum Gasteiger partial charge on any atom is -0.478 e. The fourth-order valence-electron chi connectivity index (χ4n) is 4.13. The maximum Gasteiger partial charge on any atom is 0.337 e. The molecule has 0 aromatic heterocycles. The molecule has 0 fully saturated rings. The van der Waals surface area contributed by atoms with Crippen LogP contribution in [0.25, 0.3) is 16.7 Å². The van der Waals surface area contributed by atoms with Gasteiger partial charge in [-0.15, -0.1) is 0 Å². The molecule has 0 spiro atoms. The molecule has 2 aromatic carbocycles. The van der Waals surface area contributed by atoms with E-state index in [9.17, 15) is 9.90 Å². The molecular weight excluding hydrogens is 378 g/mol. The second-order valence-electron chi connectivity index (χ2n) is 8.58. The number of carboxylic acid groups (broad SMARTS) is 1. The van der Waals surface area contributed by atoms with Crippen LogP contribution in [0.4, 0.5) is 5.69 Å². The van der Waals surface area contributed by atoms with E-state index in [1.165, 1.54) is 23.1 Å². The normalized spacial score (nSPS) is 18.0. The summed E-state index contributed by atoms with van der Waals surface area (Å²) < 4.78 is 3.42. The third-order valence-electron chi connectivity index (χ3n) is 5.97. The van der Waals surface area contributed by atoms with E-state index in [4.69, 9.17) is 0 Å². The molecule has 1 aliphatic heterocycles. The number of carboxylic acids is 1. The molecule has 4 heteroatoms. The minimum absolute atomic E-state index is 0.291. The Morgan fingerprint density at radius 2 is 1.97 bits per heavy atom. The lowest BCUT2D eigenvalue weighted by molar-refractivity contribution is -0.130. The Kier molecular flexibility index (Phi) is 5.30. The molecule has 0 bridgehead atoms. The molecule has 150 valence electrons. The van der Waals surface area contributed by atoms with Crippen molar-refractivity contribution in [1.29, 1.82) is 0 Å². The Hall–Kier alpha value is -2.46. The van der Waals surface area contributed by atoms with Crippen LogP contribution in [-0.4, -0.2) is 11.1 Å². The van der Waals surface area contributed by atoms with Gasteiger partial charge in [0.2, 0.25) is 0 Å². The van der Waals surface area contributed by atoms with Crippen LogP contribution in [0.15, 0.2) is 59.0 Å². The molecule has 1 aliphatic carbocycles. The van der Waals surface area contributed by atoms with Crippen molar-refractivity contribution < 1.29 is 9.90 Å². The maximum atomic E-state index is 12.2. The van der Waals surface area contributed by atoms with E-state index in [2.05, 4.69) is 55.8 Å². The number of aliphatic carboxylic acids is 1. The zero-order valence-corrected chi connectivity index (χ0v) is 18.0. The molecule has 2 aromatic rings. The molecule has 0 saturated carbocycles.